The normalized spacial score (nSPS) is 18.5. The molecular formula is C18H23N3O3. The number of rotatable bonds is 2. The first-order chi connectivity index (χ1) is 11.4. The van der Waals surface area contributed by atoms with Crippen LogP contribution in [0.2, 0.25) is 0 Å². The van der Waals surface area contributed by atoms with Crippen molar-refractivity contribution >= 4 is 6.09 Å². The number of piperazine rings is 1. The number of hydrogen-bond donors (Lipinski definition) is 1. The van der Waals surface area contributed by atoms with Crippen molar-refractivity contribution in [2.24, 2.45) is 0 Å². The number of hydrogen-bond acceptors (Lipinski definition) is 5. The fraction of sp³-hybridized carbons (Fsp3) is 0.444. The van der Waals surface area contributed by atoms with Crippen LogP contribution < -0.4 is 5.32 Å². The van der Waals surface area contributed by atoms with Gasteiger partial charge in [-0.05, 0) is 20.8 Å². The van der Waals surface area contributed by atoms with Gasteiger partial charge in [0.15, 0.2) is 5.76 Å². The number of ether oxygens (including phenoxy) is 1. The lowest BCUT2D eigenvalue weighted by molar-refractivity contribution is 0.0186. The van der Waals surface area contributed by atoms with Gasteiger partial charge in [-0.25, -0.2) is 4.79 Å². The molecule has 1 atom stereocenters. The molecule has 1 aliphatic heterocycles. The fourth-order valence-electron chi connectivity index (χ4n) is 2.63. The number of carbonyl (C=O) groups is 1. The standard InChI is InChI=1S/C18H23N3O3/c1-18(2,3)23-17(22)21-10-9-19-15(12-21)16-11-14(20-24-16)13-7-5-4-6-8-13/h4-8,11,15,19H,9-10,12H2,1-3H3. The highest BCUT2D eigenvalue weighted by Crippen LogP contribution is 2.24. The molecule has 1 amide bonds. The number of amides is 1. The fourth-order valence-corrected chi connectivity index (χ4v) is 2.63. The monoisotopic (exact) mass is 329 g/mol. The largest absolute Gasteiger partial charge is 0.444 e. The number of aromatic nitrogens is 1. The maximum absolute atomic E-state index is 12.2. The minimum absolute atomic E-state index is 0.0868. The Morgan fingerprint density at radius 3 is 2.79 bits per heavy atom. The molecule has 0 radical (unpaired) electrons. The first-order valence-corrected chi connectivity index (χ1v) is 8.16. The van der Waals surface area contributed by atoms with Gasteiger partial charge in [0.05, 0.1) is 6.04 Å². The van der Waals surface area contributed by atoms with Gasteiger partial charge in [0.1, 0.15) is 11.3 Å². The molecule has 24 heavy (non-hydrogen) atoms. The number of benzene rings is 1. The topological polar surface area (TPSA) is 67.6 Å². The first-order valence-electron chi connectivity index (χ1n) is 8.16. The highest BCUT2D eigenvalue weighted by atomic mass is 16.6. The van der Waals surface area contributed by atoms with Crippen LogP contribution in [0.25, 0.3) is 11.3 Å². The van der Waals surface area contributed by atoms with Crippen molar-refractivity contribution in [3.8, 4) is 11.3 Å². The summed E-state index contributed by atoms with van der Waals surface area (Å²) in [5.41, 5.74) is 1.30. The smallest absolute Gasteiger partial charge is 0.410 e. The maximum atomic E-state index is 12.2. The lowest BCUT2D eigenvalue weighted by Crippen LogP contribution is -2.49. The molecule has 1 fully saturated rings. The summed E-state index contributed by atoms with van der Waals surface area (Å²) in [5.74, 6) is 0.724. The molecule has 1 aliphatic rings. The van der Waals surface area contributed by atoms with Crippen LogP contribution in [0, 0.1) is 0 Å². The van der Waals surface area contributed by atoms with E-state index in [9.17, 15) is 4.79 Å². The molecule has 1 aromatic carbocycles. The van der Waals surface area contributed by atoms with Crippen molar-refractivity contribution in [2.75, 3.05) is 19.6 Å². The molecular weight excluding hydrogens is 306 g/mol. The van der Waals surface area contributed by atoms with Crippen LogP contribution in [-0.4, -0.2) is 41.4 Å². The predicted molar refractivity (Wildman–Crippen MR) is 90.5 cm³/mol. The van der Waals surface area contributed by atoms with Crippen molar-refractivity contribution in [2.45, 2.75) is 32.4 Å². The summed E-state index contributed by atoms with van der Waals surface area (Å²) < 4.78 is 10.9. The molecule has 1 N–H and O–H groups in total. The lowest BCUT2D eigenvalue weighted by atomic mass is 10.1. The average molecular weight is 329 g/mol. The highest BCUT2D eigenvalue weighted by molar-refractivity contribution is 5.68. The summed E-state index contributed by atoms with van der Waals surface area (Å²) in [7, 11) is 0. The van der Waals surface area contributed by atoms with Crippen LogP contribution in [0.15, 0.2) is 40.9 Å². The second-order valence-corrected chi connectivity index (χ2v) is 6.91. The second-order valence-electron chi connectivity index (χ2n) is 6.91. The Morgan fingerprint density at radius 1 is 1.33 bits per heavy atom. The van der Waals surface area contributed by atoms with Gasteiger partial charge >= 0.3 is 6.09 Å². The van der Waals surface area contributed by atoms with Crippen LogP contribution in [-0.2, 0) is 4.74 Å². The molecule has 2 heterocycles. The molecule has 6 heteroatoms. The van der Waals surface area contributed by atoms with Crippen molar-refractivity contribution in [3.05, 3.63) is 42.2 Å². The number of carbonyl (C=O) groups excluding carboxylic acids is 1. The SMILES string of the molecule is CC(C)(C)OC(=O)N1CCNC(c2cc(-c3ccccc3)no2)C1. The lowest BCUT2D eigenvalue weighted by Gasteiger charge is -2.33. The van der Waals surface area contributed by atoms with Gasteiger partial charge in [-0.15, -0.1) is 0 Å². The second kappa shape index (κ2) is 6.65. The predicted octanol–water partition coefficient (Wildman–Crippen LogP) is 3.22. The van der Waals surface area contributed by atoms with Crippen LogP contribution in [0.5, 0.6) is 0 Å². The van der Waals surface area contributed by atoms with E-state index in [-0.39, 0.29) is 12.1 Å². The maximum Gasteiger partial charge on any atom is 0.410 e. The molecule has 1 saturated heterocycles. The Morgan fingerprint density at radius 2 is 2.08 bits per heavy atom. The van der Waals surface area contributed by atoms with Gasteiger partial charge in [0.25, 0.3) is 0 Å². The van der Waals surface area contributed by atoms with Crippen molar-refractivity contribution < 1.29 is 14.1 Å². The molecule has 0 bridgehead atoms. The van der Waals surface area contributed by atoms with Crippen molar-refractivity contribution in [1.29, 1.82) is 0 Å². The van der Waals surface area contributed by atoms with E-state index in [2.05, 4.69) is 10.5 Å². The zero-order valence-electron chi connectivity index (χ0n) is 14.3. The van der Waals surface area contributed by atoms with Gasteiger partial charge < -0.3 is 19.5 Å². The Bertz CT molecular complexity index is 691. The van der Waals surface area contributed by atoms with Crippen LogP contribution in [0.3, 0.4) is 0 Å². The molecule has 6 nitrogen and oxygen atoms in total. The van der Waals surface area contributed by atoms with Crippen molar-refractivity contribution in [3.63, 3.8) is 0 Å². The van der Waals surface area contributed by atoms with E-state index in [1.165, 1.54) is 0 Å². The van der Waals surface area contributed by atoms with E-state index in [0.29, 0.717) is 19.6 Å². The van der Waals surface area contributed by atoms with Gasteiger partial charge in [-0.2, -0.15) is 0 Å². The Hall–Kier alpha value is -2.34. The van der Waals surface area contributed by atoms with Gasteiger partial charge in [-0.1, -0.05) is 35.5 Å². The molecule has 0 aliphatic carbocycles. The van der Waals surface area contributed by atoms with Crippen LogP contribution in [0.1, 0.15) is 32.6 Å². The minimum Gasteiger partial charge on any atom is -0.444 e. The van der Waals surface area contributed by atoms with Crippen molar-refractivity contribution in [1.82, 2.24) is 15.4 Å². The quantitative estimate of drug-likeness (QED) is 0.916. The number of nitrogens with zero attached hydrogens (tertiary/aromatic N) is 2. The zero-order chi connectivity index (χ0) is 17.2. The van der Waals surface area contributed by atoms with Gasteiger partial charge in [0.2, 0.25) is 0 Å². The summed E-state index contributed by atoms with van der Waals surface area (Å²) in [6.07, 6.45) is -0.295. The van der Waals surface area contributed by atoms with E-state index in [0.717, 1.165) is 17.0 Å². The third kappa shape index (κ3) is 3.94. The number of nitrogens with one attached hydrogen (secondary N) is 1. The third-order valence-corrected chi connectivity index (χ3v) is 3.77. The highest BCUT2D eigenvalue weighted by Gasteiger charge is 2.30. The average Bonchev–Trinajstić information content (AvgIpc) is 3.04. The molecule has 128 valence electrons. The van der Waals surface area contributed by atoms with E-state index in [4.69, 9.17) is 9.26 Å². The van der Waals surface area contributed by atoms with Crippen LogP contribution in [0.4, 0.5) is 4.79 Å². The van der Waals surface area contributed by atoms with E-state index in [1.54, 1.807) is 4.90 Å². The molecule has 2 aromatic rings. The Kier molecular flexibility index (Phi) is 4.57. The van der Waals surface area contributed by atoms with E-state index in [1.807, 2.05) is 57.2 Å². The Balaban J connectivity index is 1.69. The first kappa shape index (κ1) is 16.5. The third-order valence-electron chi connectivity index (χ3n) is 3.77. The molecule has 1 aromatic heterocycles. The zero-order valence-corrected chi connectivity index (χ0v) is 14.3. The molecule has 0 spiro atoms. The van der Waals surface area contributed by atoms with E-state index >= 15 is 0 Å². The summed E-state index contributed by atoms with van der Waals surface area (Å²) in [6, 6.07) is 11.7. The molecule has 0 saturated carbocycles. The van der Waals surface area contributed by atoms with Crippen LogP contribution >= 0.6 is 0 Å². The van der Waals surface area contributed by atoms with Gasteiger partial charge in [0, 0.05) is 31.3 Å². The van der Waals surface area contributed by atoms with Gasteiger partial charge in [-0.3, -0.25) is 0 Å². The summed E-state index contributed by atoms with van der Waals surface area (Å²) >= 11 is 0. The Labute approximate surface area is 141 Å². The minimum atomic E-state index is -0.496. The molecule has 3 rings (SSSR count). The molecule has 1 unspecified atom stereocenters. The summed E-state index contributed by atoms with van der Waals surface area (Å²) in [5, 5.41) is 7.51. The van der Waals surface area contributed by atoms with E-state index < -0.39 is 5.60 Å². The summed E-state index contributed by atoms with van der Waals surface area (Å²) in [6.45, 7) is 7.40. The summed E-state index contributed by atoms with van der Waals surface area (Å²) in [4.78, 5) is 14.0.